The minimum absolute atomic E-state index is 0.0715. The number of carbonyl (C=O) groups excluding carboxylic acids is 2. The Morgan fingerprint density at radius 1 is 1.00 bits per heavy atom. The van der Waals surface area contributed by atoms with Crippen LogP contribution in [0, 0.1) is 0 Å². The molecule has 1 saturated carbocycles. The molecule has 0 aliphatic heterocycles. The summed E-state index contributed by atoms with van der Waals surface area (Å²) in [5, 5.41) is 5.77. The Hall–Kier alpha value is -2.63. The highest BCUT2D eigenvalue weighted by molar-refractivity contribution is 7.10. The summed E-state index contributed by atoms with van der Waals surface area (Å²) >= 11 is 7.67. The van der Waals surface area contributed by atoms with E-state index in [1.807, 2.05) is 60.0 Å². The van der Waals surface area contributed by atoms with E-state index in [4.69, 9.17) is 11.6 Å². The average molecular weight is 467 g/mol. The molecule has 1 heterocycles. The summed E-state index contributed by atoms with van der Waals surface area (Å²) in [4.78, 5) is 29.8. The average Bonchev–Trinajstić information content (AvgIpc) is 3.50. The highest BCUT2D eigenvalue weighted by Gasteiger charge is 2.33. The first kappa shape index (κ1) is 22.6. The topological polar surface area (TPSA) is 49.4 Å². The van der Waals surface area contributed by atoms with Crippen LogP contribution in [0.15, 0.2) is 72.1 Å². The van der Waals surface area contributed by atoms with Gasteiger partial charge >= 0.3 is 0 Å². The molecule has 1 aliphatic rings. The maximum atomic E-state index is 13.6. The first-order chi connectivity index (χ1) is 15.6. The van der Waals surface area contributed by atoms with E-state index in [9.17, 15) is 9.59 Å². The lowest BCUT2D eigenvalue weighted by atomic mass is 10.0. The minimum Gasteiger partial charge on any atom is -0.351 e. The van der Waals surface area contributed by atoms with Crippen LogP contribution in [0.1, 0.15) is 47.7 Å². The van der Waals surface area contributed by atoms with Gasteiger partial charge in [-0.3, -0.25) is 9.59 Å². The summed E-state index contributed by atoms with van der Waals surface area (Å²) in [7, 11) is 0. The molecule has 4 rings (SSSR count). The van der Waals surface area contributed by atoms with Crippen molar-refractivity contribution in [3.8, 4) is 0 Å². The van der Waals surface area contributed by atoms with Crippen LogP contribution in [0.2, 0.25) is 5.02 Å². The number of amides is 2. The number of hydrogen-bond acceptors (Lipinski definition) is 3. The van der Waals surface area contributed by atoms with Crippen molar-refractivity contribution in [2.75, 3.05) is 0 Å². The minimum atomic E-state index is -0.722. The molecule has 0 spiro atoms. The van der Waals surface area contributed by atoms with Gasteiger partial charge in [-0.25, -0.2) is 0 Å². The molecule has 6 heteroatoms. The van der Waals surface area contributed by atoms with Gasteiger partial charge in [0.15, 0.2) is 0 Å². The molecule has 2 aromatic carbocycles. The van der Waals surface area contributed by atoms with Crippen LogP contribution in [0.3, 0.4) is 0 Å². The maximum absolute atomic E-state index is 13.6. The van der Waals surface area contributed by atoms with Crippen LogP contribution in [0.5, 0.6) is 0 Å². The normalized spacial score (nSPS) is 14.8. The van der Waals surface area contributed by atoms with Crippen molar-refractivity contribution in [2.24, 2.45) is 0 Å². The molecule has 1 N–H and O–H groups in total. The van der Waals surface area contributed by atoms with Crippen LogP contribution in [-0.2, 0) is 22.6 Å². The molecule has 32 heavy (non-hydrogen) atoms. The van der Waals surface area contributed by atoms with Gasteiger partial charge in [0.1, 0.15) is 6.04 Å². The molecular weight excluding hydrogens is 440 g/mol. The van der Waals surface area contributed by atoms with Gasteiger partial charge in [-0.2, -0.15) is 0 Å². The summed E-state index contributed by atoms with van der Waals surface area (Å²) in [6.45, 7) is 0.358. The zero-order valence-corrected chi connectivity index (χ0v) is 19.4. The highest BCUT2D eigenvalue weighted by Crippen LogP contribution is 2.28. The molecule has 1 atom stereocenters. The molecule has 1 aliphatic carbocycles. The number of nitrogens with one attached hydrogen (secondary N) is 1. The SMILES string of the molecule is O=C(NC1CCCC1)[C@H](c1ccc(Cl)cc1)N(Cc1ccccc1)C(=O)Cc1cccs1. The second kappa shape index (κ2) is 10.8. The third kappa shape index (κ3) is 5.78. The molecular formula is C26H27ClN2O2S. The molecule has 2 amide bonds. The van der Waals surface area contributed by atoms with E-state index in [-0.39, 0.29) is 24.3 Å². The zero-order chi connectivity index (χ0) is 22.3. The fraction of sp³-hybridized carbons (Fsp3) is 0.308. The Balaban J connectivity index is 1.68. The molecule has 0 saturated heterocycles. The molecule has 1 fully saturated rings. The zero-order valence-electron chi connectivity index (χ0n) is 17.9. The van der Waals surface area contributed by atoms with E-state index in [0.29, 0.717) is 11.6 Å². The van der Waals surface area contributed by atoms with Gasteiger partial charge < -0.3 is 10.2 Å². The van der Waals surface area contributed by atoms with Gasteiger partial charge in [0, 0.05) is 22.5 Å². The third-order valence-corrected chi connectivity index (χ3v) is 7.00. The quantitative estimate of drug-likeness (QED) is 0.458. The van der Waals surface area contributed by atoms with E-state index in [2.05, 4.69) is 5.32 Å². The van der Waals surface area contributed by atoms with Gasteiger partial charge in [-0.05, 0) is 47.5 Å². The molecule has 0 radical (unpaired) electrons. The fourth-order valence-electron chi connectivity index (χ4n) is 4.24. The Labute approximate surface area is 198 Å². The van der Waals surface area contributed by atoms with Crippen LogP contribution in [0.4, 0.5) is 0 Å². The number of thiophene rings is 1. The van der Waals surface area contributed by atoms with Crippen molar-refractivity contribution >= 4 is 34.8 Å². The Kier molecular flexibility index (Phi) is 7.61. The number of rotatable bonds is 8. The van der Waals surface area contributed by atoms with Crippen molar-refractivity contribution in [2.45, 2.75) is 50.7 Å². The summed E-state index contributed by atoms with van der Waals surface area (Å²) < 4.78 is 0. The van der Waals surface area contributed by atoms with Crippen molar-refractivity contribution in [3.63, 3.8) is 0 Å². The first-order valence-corrected chi connectivity index (χ1v) is 12.3. The van der Waals surface area contributed by atoms with Crippen LogP contribution in [0.25, 0.3) is 0 Å². The van der Waals surface area contributed by atoms with Gasteiger partial charge in [-0.15, -0.1) is 11.3 Å². The monoisotopic (exact) mass is 466 g/mol. The summed E-state index contributed by atoms with van der Waals surface area (Å²) in [5.74, 6) is -0.201. The largest absolute Gasteiger partial charge is 0.351 e. The van der Waals surface area contributed by atoms with Crippen LogP contribution < -0.4 is 5.32 Å². The molecule has 4 nitrogen and oxygen atoms in total. The second-order valence-corrected chi connectivity index (χ2v) is 9.68. The van der Waals surface area contributed by atoms with Crippen LogP contribution in [-0.4, -0.2) is 22.8 Å². The maximum Gasteiger partial charge on any atom is 0.247 e. The Bertz CT molecular complexity index is 1020. The van der Waals surface area contributed by atoms with Gasteiger partial charge in [0.25, 0.3) is 0 Å². The predicted octanol–water partition coefficient (Wildman–Crippen LogP) is 5.77. The second-order valence-electron chi connectivity index (χ2n) is 8.21. The summed E-state index contributed by atoms with van der Waals surface area (Å²) in [6, 6.07) is 20.4. The molecule has 3 aromatic rings. The standard InChI is InChI=1S/C26H27ClN2O2S/c27-21-14-12-20(13-15-21)25(26(31)28-22-9-4-5-10-22)29(18-19-7-2-1-3-8-19)24(30)17-23-11-6-16-32-23/h1-3,6-8,11-16,22,25H,4-5,9-10,17-18H2,(H,28,31)/t25-/m0/s1. The van der Waals surface area contributed by atoms with Crippen LogP contribution >= 0.6 is 22.9 Å². The van der Waals surface area contributed by atoms with E-state index < -0.39 is 6.04 Å². The fourth-order valence-corrected chi connectivity index (χ4v) is 5.06. The summed E-state index contributed by atoms with van der Waals surface area (Å²) in [6.07, 6.45) is 4.50. The van der Waals surface area contributed by atoms with Gasteiger partial charge in [0.05, 0.1) is 6.42 Å². The lowest BCUT2D eigenvalue weighted by Gasteiger charge is -2.32. The van der Waals surface area contributed by atoms with Crippen molar-refractivity contribution in [1.82, 2.24) is 10.2 Å². The third-order valence-electron chi connectivity index (χ3n) is 5.87. The number of halogens is 1. The first-order valence-electron chi connectivity index (χ1n) is 11.0. The molecule has 0 bridgehead atoms. The number of benzene rings is 2. The smallest absolute Gasteiger partial charge is 0.247 e. The van der Waals surface area contributed by atoms with Gasteiger partial charge in [-0.1, -0.05) is 73.0 Å². The van der Waals surface area contributed by atoms with E-state index in [1.165, 1.54) is 0 Å². The van der Waals surface area contributed by atoms with Gasteiger partial charge in [0.2, 0.25) is 11.8 Å². The van der Waals surface area contributed by atoms with Crippen molar-refractivity contribution < 1.29 is 9.59 Å². The molecule has 1 aromatic heterocycles. The Morgan fingerprint density at radius 2 is 1.72 bits per heavy atom. The molecule has 166 valence electrons. The van der Waals surface area contributed by atoms with Crippen molar-refractivity contribution in [3.05, 3.63) is 93.1 Å². The molecule has 0 unspecified atom stereocenters. The lowest BCUT2D eigenvalue weighted by molar-refractivity contribution is -0.141. The predicted molar refractivity (Wildman–Crippen MR) is 130 cm³/mol. The number of carbonyl (C=O) groups is 2. The highest BCUT2D eigenvalue weighted by atomic mass is 35.5. The summed E-state index contributed by atoms with van der Waals surface area (Å²) in [5.41, 5.74) is 1.75. The number of hydrogen-bond donors (Lipinski definition) is 1. The Morgan fingerprint density at radius 3 is 2.38 bits per heavy atom. The van der Waals surface area contributed by atoms with E-state index in [1.54, 1.807) is 28.4 Å². The van der Waals surface area contributed by atoms with E-state index in [0.717, 1.165) is 41.7 Å². The van der Waals surface area contributed by atoms with Crippen molar-refractivity contribution in [1.29, 1.82) is 0 Å². The van der Waals surface area contributed by atoms with E-state index >= 15 is 0 Å². The number of nitrogens with zero attached hydrogens (tertiary/aromatic N) is 1. The lowest BCUT2D eigenvalue weighted by Crippen LogP contribution is -2.46.